The van der Waals surface area contributed by atoms with Crippen molar-refractivity contribution >= 4 is 11.5 Å². The molecule has 0 radical (unpaired) electrons. The van der Waals surface area contributed by atoms with Crippen molar-refractivity contribution in [2.45, 2.75) is 25.7 Å². The molecule has 3 rings (SSSR count). The molecule has 0 aliphatic heterocycles. The number of hydrogen-bond donors (Lipinski definition) is 2. The molecule has 0 aromatic carbocycles. The van der Waals surface area contributed by atoms with Crippen LogP contribution in [0.2, 0.25) is 0 Å². The number of hydrogen-bond acceptors (Lipinski definition) is 4. The fourth-order valence-corrected chi connectivity index (χ4v) is 2.32. The van der Waals surface area contributed by atoms with E-state index in [0.29, 0.717) is 5.69 Å². The monoisotopic (exact) mass is 260 g/mol. The molecular weight excluding hydrogens is 240 g/mol. The molecule has 2 saturated carbocycles. The lowest BCUT2D eigenvalue weighted by Gasteiger charge is -2.25. The molecule has 0 saturated heterocycles. The average molecular weight is 260 g/mol. The van der Waals surface area contributed by atoms with Gasteiger partial charge in [-0.3, -0.25) is 4.98 Å². The Labute approximate surface area is 113 Å². The first kappa shape index (κ1) is 12.3. The predicted molar refractivity (Wildman–Crippen MR) is 74.4 cm³/mol. The van der Waals surface area contributed by atoms with Crippen LogP contribution in [-0.4, -0.2) is 29.1 Å². The summed E-state index contributed by atoms with van der Waals surface area (Å²) in [5.41, 5.74) is 7.28. The van der Waals surface area contributed by atoms with Crippen LogP contribution in [0.25, 0.3) is 0 Å². The van der Waals surface area contributed by atoms with Gasteiger partial charge < -0.3 is 15.8 Å². The maximum atomic E-state index is 8.74. The van der Waals surface area contributed by atoms with Gasteiger partial charge in [0.15, 0.2) is 5.84 Å². The van der Waals surface area contributed by atoms with Crippen molar-refractivity contribution < 1.29 is 5.21 Å². The van der Waals surface area contributed by atoms with Crippen LogP contribution in [0.3, 0.4) is 0 Å². The lowest BCUT2D eigenvalue weighted by atomic mass is 10.2. The van der Waals surface area contributed by atoms with Crippen molar-refractivity contribution in [2.24, 2.45) is 22.7 Å². The van der Waals surface area contributed by atoms with Crippen LogP contribution in [0.4, 0.5) is 5.69 Å². The number of rotatable bonds is 6. The summed E-state index contributed by atoms with van der Waals surface area (Å²) in [7, 11) is 0. The summed E-state index contributed by atoms with van der Waals surface area (Å²) >= 11 is 0. The van der Waals surface area contributed by atoms with E-state index < -0.39 is 0 Å². The molecule has 102 valence electrons. The molecule has 0 atom stereocenters. The number of nitrogens with two attached hydrogens (primary N) is 1. The number of pyridine rings is 1. The highest BCUT2D eigenvalue weighted by Gasteiger charge is 2.29. The summed E-state index contributed by atoms with van der Waals surface area (Å²) in [5, 5.41) is 11.8. The molecule has 2 aliphatic carbocycles. The van der Waals surface area contributed by atoms with Gasteiger partial charge in [0.2, 0.25) is 0 Å². The summed E-state index contributed by atoms with van der Waals surface area (Å²) in [4.78, 5) is 6.58. The Morgan fingerprint density at radius 2 is 1.95 bits per heavy atom. The van der Waals surface area contributed by atoms with E-state index >= 15 is 0 Å². The zero-order valence-electron chi connectivity index (χ0n) is 11.0. The molecule has 0 bridgehead atoms. The largest absolute Gasteiger partial charge is 0.409 e. The highest BCUT2D eigenvalue weighted by Crippen LogP contribution is 2.35. The van der Waals surface area contributed by atoms with Gasteiger partial charge in [0.1, 0.15) is 5.69 Å². The van der Waals surface area contributed by atoms with E-state index in [4.69, 9.17) is 10.9 Å². The molecule has 2 aliphatic rings. The van der Waals surface area contributed by atoms with E-state index in [9.17, 15) is 0 Å². The molecule has 3 N–H and O–H groups in total. The molecule has 1 aromatic heterocycles. The number of aromatic nitrogens is 1. The number of anilines is 1. The van der Waals surface area contributed by atoms with E-state index in [1.165, 1.54) is 25.7 Å². The van der Waals surface area contributed by atoms with E-state index in [1.54, 1.807) is 6.20 Å². The Balaban J connectivity index is 1.79. The predicted octanol–water partition coefficient (Wildman–Crippen LogP) is 1.80. The van der Waals surface area contributed by atoms with Crippen molar-refractivity contribution in [3.8, 4) is 0 Å². The summed E-state index contributed by atoms with van der Waals surface area (Å²) in [6, 6.07) is 3.93. The molecule has 0 amide bonds. The van der Waals surface area contributed by atoms with Gasteiger partial charge in [-0.15, -0.1) is 0 Å². The van der Waals surface area contributed by atoms with Crippen molar-refractivity contribution in [1.82, 2.24) is 4.98 Å². The first-order chi connectivity index (χ1) is 9.26. The van der Waals surface area contributed by atoms with Gasteiger partial charge >= 0.3 is 0 Å². The molecule has 19 heavy (non-hydrogen) atoms. The number of oxime groups is 1. The Bertz CT molecular complexity index is 466. The number of nitrogens with zero attached hydrogens (tertiary/aromatic N) is 3. The van der Waals surface area contributed by atoms with Crippen molar-refractivity contribution in [3.63, 3.8) is 0 Å². The maximum absolute atomic E-state index is 8.74. The van der Waals surface area contributed by atoms with Gasteiger partial charge in [0.25, 0.3) is 0 Å². The first-order valence-electron chi connectivity index (χ1n) is 6.95. The zero-order valence-corrected chi connectivity index (χ0v) is 11.0. The van der Waals surface area contributed by atoms with Crippen LogP contribution in [0, 0.1) is 11.8 Å². The fourth-order valence-electron chi connectivity index (χ4n) is 2.32. The second-order valence-corrected chi connectivity index (χ2v) is 5.68. The molecule has 5 nitrogen and oxygen atoms in total. The lowest BCUT2D eigenvalue weighted by molar-refractivity contribution is 0.318. The molecule has 1 heterocycles. The molecule has 1 aromatic rings. The minimum Gasteiger partial charge on any atom is -0.409 e. The smallest absolute Gasteiger partial charge is 0.188 e. The summed E-state index contributed by atoms with van der Waals surface area (Å²) in [6.07, 6.45) is 7.12. The second kappa shape index (κ2) is 5.07. The zero-order chi connectivity index (χ0) is 13.2. The van der Waals surface area contributed by atoms with Crippen LogP contribution in [-0.2, 0) is 0 Å². The van der Waals surface area contributed by atoms with Crippen molar-refractivity contribution in [1.29, 1.82) is 0 Å². The van der Waals surface area contributed by atoms with Gasteiger partial charge in [-0.2, -0.15) is 0 Å². The first-order valence-corrected chi connectivity index (χ1v) is 6.95. The lowest BCUT2D eigenvalue weighted by Crippen LogP contribution is -2.28. The third-order valence-electron chi connectivity index (χ3n) is 3.83. The minimum absolute atomic E-state index is 0.0691. The Morgan fingerprint density at radius 3 is 2.47 bits per heavy atom. The van der Waals surface area contributed by atoms with Crippen LogP contribution >= 0.6 is 0 Å². The Hall–Kier alpha value is -1.78. The third kappa shape index (κ3) is 3.16. The molecule has 5 heteroatoms. The van der Waals surface area contributed by atoms with E-state index in [0.717, 1.165) is 30.6 Å². The van der Waals surface area contributed by atoms with Crippen LogP contribution in [0.1, 0.15) is 31.4 Å². The number of amidine groups is 1. The van der Waals surface area contributed by atoms with Crippen molar-refractivity contribution in [2.75, 3.05) is 18.0 Å². The SMILES string of the molecule is NC(=NO)c1cc(N(CC2CC2)CC2CC2)ccn1. The quantitative estimate of drug-likeness (QED) is 0.354. The Kier molecular flexibility index (Phi) is 3.27. The van der Waals surface area contributed by atoms with Crippen molar-refractivity contribution in [3.05, 3.63) is 24.0 Å². The normalized spacial score (nSPS) is 19.5. The highest BCUT2D eigenvalue weighted by atomic mass is 16.4. The Morgan fingerprint density at radius 1 is 1.32 bits per heavy atom. The molecule has 2 fully saturated rings. The minimum atomic E-state index is 0.0691. The fraction of sp³-hybridized carbons (Fsp3) is 0.571. The highest BCUT2D eigenvalue weighted by molar-refractivity contribution is 5.95. The third-order valence-corrected chi connectivity index (χ3v) is 3.83. The molecular formula is C14H20N4O. The van der Waals surface area contributed by atoms with Crippen LogP contribution < -0.4 is 10.6 Å². The van der Waals surface area contributed by atoms with Gasteiger partial charge in [0.05, 0.1) is 0 Å². The van der Waals surface area contributed by atoms with Gasteiger partial charge in [0, 0.05) is 25.0 Å². The van der Waals surface area contributed by atoms with Crippen LogP contribution in [0.5, 0.6) is 0 Å². The van der Waals surface area contributed by atoms with E-state index in [2.05, 4.69) is 15.0 Å². The second-order valence-electron chi connectivity index (χ2n) is 5.68. The van der Waals surface area contributed by atoms with E-state index in [1.807, 2.05) is 12.1 Å². The molecule has 0 spiro atoms. The average Bonchev–Trinajstić information content (AvgIpc) is 3.32. The molecule has 0 unspecified atom stereocenters. The topological polar surface area (TPSA) is 74.7 Å². The van der Waals surface area contributed by atoms with Gasteiger partial charge in [-0.25, -0.2) is 0 Å². The van der Waals surface area contributed by atoms with Crippen LogP contribution in [0.15, 0.2) is 23.5 Å². The summed E-state index contributed by atoms with van der Waals surface area (Å²) in [5.74, 6) is 1.76. The van der Waals surface area contributed by atoms with E-state index in [-0.39, 0.29) is 5.84 Å². The maximum Gasteiger partial charge on any atom is 0.188 e. The van der Waals surface area contributed by atoms with Gasteiger partial charge in [-0.05, 0) is 49.7 Å². The van der Waals surface area contributed by atoms with Gasteiger partial charge in [-0.1, -0.05) is 5.16 Å². The standard InChI is InChI=1S/C14H20N4O/c15-14(17-19)13-7-12(5-6-16-13)18(8-10-1-2-10)9-11-3-4-11/h5-7,10-11,19H,1-4,8-9H2,(H2,15,17). The summed E-state index contributed by atoms with van der Waals surface area (Å²) in [6.45, 7) is 2.24. The summed E-state index contributed by atoms with van der Waals surface area (Å²) < 4.78 is 0.